The van der Waals surface area contributed by atoms with Crippen LogP contribution >= 0.6 is 0 Å². The molecule has 24 heavy (non-hydrogen) atoms. The number of phenols is 1. The van der Waals surface area contributed by atoms with E-state index >= 15 is 0 Å². The Balaban J connectivity index is 2.89. The molecule has 0 fully saturated rings. The van der Waals surface area contributed by atoms with Crippen molar-refractivity contribution in [2.24, 2.45) is 0 Å². The van der Waals surface area contributed by atoms with Crippen LogP contribution in [0.5, 0.6) is 5.75 Å². The van der Waals surface area contributed by atoms with E-state index < -0.39 is 35.8 Å². The summed E-state index contributed by atoms with van der Waals surface area (Å²) in [5.74, 6) is -1.18. The van der Waals surface area contributed by atoms with Gasteiger partial charge in [-0.3, -0.25) is 9.11 Å². The van der Waals surface area contributed by atoms with Crippen LogP contribution in [-0.2, 0) is 26.7 Å². The van der Waals surface area contributed by atoms with Gasteiger partial charge in [0.1, 0.15) is 9.79 Å². The molecule has 0 aliphatic rings. The number of hydrogen-bond acceptors (Lipinski definition) is 5. The van der Waals surface area contributed by atoms with Gasteiger partial charge in [-0.2, -0.15) is 16.8 Å². The number of hydrogen-bond donors (Lipinski definition) is 3. The van der Waals surface area contributed by atoms with Gasteiger partial charge in [0.2, 0.25) is 0 Å². The highest BCUT2D eigenvalue weighted by Crippen LogP contribution is 2.32. The molecular formula is C15H24O7S2. The molecule has 0 heterocycles. The van der Waals surface area contributed by atoms with Crippen LogP contribution in [0, 0.1) is 0 Å². The van der Waals surface area contributed by atoms with Gasteiger partial charge in [0.05, 0.1) is 0 Å². The molecule has 0 atom stereocenters. The van der Waals surface area contributed by atoms with Crippen LogP contribution in [-0.4, -0.2) is 31.0 Å². The van der Waals surface area contributed by atoms with Gasteiger partial charge in [-0.25, -0.2) is 0 Å². The number of rotatable bonds is 10. The maximum Gasteiger partial charge on any atom is 0.298 e. The van der Waals surface area contributed by atoms with Crippen molar-refractivity contribution in [3.63, 3.8) is 0 Å². The van der Waals surface area contributed by atoms with Crippen molar-refractivity contribution in [2.45, 2.75) is 68.1 Å². The summed E-state index contributed by atoms with van der Waals surface area (Å²) in [6, 6.07) is 2.05. The summed E-state index contributed by atoms with van der Waals surface area (Å²) in [4.78, 5) is -1.84. The van der Waals surface area contributed by atoms with Gasteiger partial charge >= 0.3 is 0 Å². The zero-order valence-electron chi connectivity index (χ0n) is 13.6. The zero-order valence-corrected chi connectivity index (χ0v) is 15.2. The van der Waals surface area contributed by atoms with E-state index in [-0.39, 0.29) is 0 Å². The van der Waals surface area contributed by atoms with Crippen molar-refractivity contribution < 1.29 is 31.0 Å². The van der Waals surface area contributed by atoms with E-state index in [0.29, 0.717) is 18.4 Å². The third kappa shape index (κ3) is 6.39. The van der Waals surface area contributed by atoms with Crippen LogP contribution in [0.3, 0.4) is 0 Å². The molecule has 3 N–H and O–H groups in total. The molecule has 0 bridgehead atoms. The van der Waals surface area contributed by atoms with Crippen LogP contribution < -0.4 is 0 Å². The highest BCUT2D eigenvalue weighted by Gasteiger charge is 2.25. The van der Waals surface area contributed by atoms with Crippen molar-refractivity contribution in [1.82, 2.24) is 0 Å². The first-order valence-electron chi connectivity index (χ1n) is 7.88. The number of unbranched alkanes of at least 4 members (excludes halogenated alkanes) is 6. The Morgan fingerprint density at radius 1 is 0.792 bits per heavy atom. The van der Waals surface area contributed by atoms with Gasteiger partial charge < -0.3 is 5.11 Å². The smallest absolute Gasteiger partial charge is 0.298 e. The fourth-order valence-electron chi connectivity index (χ4n) is 2.46. The predicted octanol–water partition coefficient (Wildman–Crippen LogP) is 3.18. The molecular weight excluding hydrogens is 356 g/mol. The lowest BCUT2D eigenvalue weighted by Crippen LogP contribution is -2.06. The minimum atomic E-state index is -4.81. The van der Waals surface area contributed by atoms with E-state index in [1.165, 1.54) is 6.42 Å². The average Bonchev–Trinajstić information content (AvgIpc) is 2.45. The van der Waals surface area contributed by atoms with Crippen LogP contribution in [0.25, 0.3) is 0 Å². The second-order valence-electron chi connectivity index (χ2n) is 5.76. The van der Waals surface area contributed by atoms with E-state index in [1.54, 1.807) is 0 Å². The van der Waals surface area contributed by atoms with Gasteiger partial charge in [0, 0.05) is 0 Å². The monoisotopic (exact) mass is 380 g/mol. The summed E-state index contributed by atoms with van der Waals surface area (Å²) >= 11 is 0. The van der Waals surface area contributed by atoms with E-state index in [1.807, 2.05) is 0 Å². The Bertz CT molecular complexity index is 699. The Hall–Kier alpha value is -1.16. The van der Waals surface area contributed by atoms with Crippen molar-refractivity contribution in [2.75, 3.05) is 0 Å². The molecule has 7 nitrogen and oxygen atoms in total. The van der Waals surface area contributed by atoms with Gasteiger partial charge in [-0.1, -0.05) is 45.4 Å². The van der Waals surface area contributed by atoms with E-state index in [9.17, 15) is 21.9 Å². The van der Waals surface area contributed by atoms with Crippen LogP contribution in [0.15, 0.2) is 21.9 Å². The van der Waals surface area contributed by atoms with Crippen LogP contribution in [0.1, 0.15) is 57.4 Å². The lowest BCUT2D eigenvalue weighted by Gasteiger charge is -2.10. The standard InChI is InChI=1S/C15H24O7S2/c1-2-3-4-5-6-7-8-9-12-10-13(23(17,18)19)15(16)14(11-12)24(20,21)22/h10-11,16H,2-9H2,1H3,(H,17,18,19)(H,20,21,22). The summed E-state index contributed by atoms with van der Waals surface area (Å²) in [6.07, 6.45) is 7.61. The highest BCUT2D eigenvalue weighted by atomic mass is 32.2. The molecule has 0 aliphatic heterocycles. The molecule has 0 spiro atoms. The molecule has 0 saturated heterocycles. The molecule has 0 radical (unpaired) electrons. The fourth-order valence-corrected chi connectivity index (χ4v) is 3.83. The number of aryl methyl sites for hydroxylation is 1. The first-order valence-corrected chi connectivity index (χ1v) is 10.8. The molecule has 0 saturated carbocycles. The van der Waals surface area contributed by atoms with E-state index in [0.717, 1.165) is 44.2 Å². The molecule has 1 aromatic rings. The van der Waals surface area contributed by atoms with Crippen molar-refractivity contribution in [3.05, 3.63) is 17.7 Å². The quantitative estimate of drug-likeness (QED) is 0.420. The zero-order chi connectivity index (χ0) is 18.4. The molecule has 0 unspecified atom stereocenters. The Labute approximate surface area is 143 Å². The number of aromatic hydroxyl groups is 1. The van der Waals surface area contributed by atoms with Crippen LogP contribution in [0.2, 0.25) is 0 Å². The van der Waals surface area contributed by atoms with E-state index in [4.69, 9.17) is 9.11 Å². The number of benzene rings is 1. The molecule has 1 aromatic carbocycles. The Morgan fingerprint density at radius 3 is 1.62 bits per heavy atom. The topological polar surface area (TPSA) is 129 Å². The molecule has 9 heteroatoms. The summed E-state index contributed by atoms with van der Waals surface area (Å²) in [7, 11) is -9.62. The van der Waals surface area contributed by atoms with E-state index in [2.05, 4.69) is 6.92 Å². The first kappa shape index (κ1) is 20.9. The van der Waals surface area contributed by atoms with Gasteiger partial charge in [-0.05, 0) is 30.5 Å². The molecule has 0 aliphatic carbocycles. The van der Waals surface area contributed by atoms with Crippen molar-refractivity contribution >= 4 is 20.2 Å². The van der Waals surface area contributed by atoms with Gasteiger partial charge in [0.25, 0.3) is 20.2 Å². The molecule has 138 valence electrons. The first-order chi connectivity index (χ1) is 11.1. The minimum Gasteiger partial charge on any atom is -0.505 e. The summed E-state index contributed by atoms with van der Waals surface area (Å²) in [5.41, 5.74) is 0.307. The average molecular weight is 380 g/mol. The lowest BCUT2D eigenvalue weighted by atomic mass is 10.0. The summed E-state index contributed by atoms with van der Waals surface area (Å²) in [5, 5.41) is 9.70. The fraction of sp³-hybridized carbons (Fsp3) is 0.600. The van der Waals surface area contributed by atoms with Crippen LogP contribution in [0.4, 0.5) is 0 Å². The predicted molar refractivity (Wildman–Crippen MR) is 89.4 cm³/mol. The number of phenolic OH excluding ortho intramolecular Hbond substituents is 1. The second kappa shape index (κ2) is 8.80. The van der Waals surface area contributed by atoms with Gasteiger partial charge in [-0.15, -0.1) is 0 Å². The van der Waals surface area contributed by atoms with Crippen molar-refractivity contribution in [1.29, 1.82) is 0 Å². The van der Waals surface area contributed by atoms with Gasteiger partial charge in [0.15, 0.2) is 5.75 Å². The maximum atomic E-state index is 11.3. The summed E-state index contributed by atoms with van der Waals surface area (Å²) in [6.45, 7) is 2.13. The third-order valence-corrected chi connectivity index (χ3v) is 5.46. The molecule has 1 rings (SSSR count). The Kier molecular flexibility index (Phi) is 7.65. The minimum absolute atomic E-state index is 0.307. The maximum absolute atomic E-state index is 11.3. The highest BCUT2D eigenvalue weighted by molar-refractivity contribution is 7.86. The van der Waals surface area contributed by atoms with Crippen molar-refractivity contribution in [3.8, 4) is 5.75 Å². The lowest BCUT2D eigenvalue weighted by molar-refractivity contribution is 0.422. The molecule has 0 aromatic heterocycles. The Morgan fingerprint density at radius 2 is 1.21 bits per heavy atom. The SMILES string of the molecule is CCCCCCCCCc1cc(S(=O)(=O)O)c(O)c(S(=O)(=O)O)c1. The third-order valence-electron chi connectivity index (χ3n) is 3.72. The second-order valence-corrected chi connectivity index (χ2v) is 8.54. The molecule has 0 amide bonds. The summed E-state index contributed by atoms with van der Waals surface area (Å²) < 4.78 is 63.3. The normalized spacial score (nSPS) is 12.5. The largest absolute Gasteiger partial charge is 0.505 e.